The number of nitrogens with one attached hydrogen (secondary N) is 2. The Hall–Kier alpha value is -1.43. The number of hydrogen-bond donors (Lipinski definition) is 2. The molecule has 0 aliphatic carbocycles. The zero-order valence-electron chi connectivity index (χ0n) is 15.2. The molecule has 0 saturated carbocycles. The molecular weight excluding hydrogens is 490 g/mol. The molecule has 1 aromatic heterocycles. The first-order valence-electron chi connectivity index (χ1n) is 8.05. The predicted molar refractivity (Wildman–Crippen MR) is 114 cm³/mol. The Balaban J connectivity index is 0.00000364. The van der Waals surface area contributed by atoms with Gasteiger partial charge in [-0.15, -0.1) is 35.7 Å². The molecule has 0 bridgehead atoms. The monoisotopic (exact) mass is 513 g/mol. The molecule has 2 rings (SSSR count). The number of alkyl halides is 3. The van der Waals surface area contributed by atoms with Gasteiger partial charge in [-0.2, -0.15) is 18.3 Å². The van der Waals surface area contributed by atoms with E-state index < -0.39 is 11.9 Å². The minimum Gasteiger partial charge on any atom is -0.355 e. The van der Waals surface area contributed by atoms with Crippen LogP contribution in [0.3, 0.4) is 0 Å². The van der Waals surface area contributed by atoms with Gasteiger partial charge in [-0.3, -0.25) is 9.67 Å². The third-order valence-electron chi connectivity index (χ3n) is 3.48. The zero-order chi connectivity index (χ0) is 19.2. The van der Waals surface area contributed by atoms with E-state index in [1.54, 1.807) is 18.8 Å². The van der Waals surface area contributed by atoms with Crippen molar-refractivity contribution < 1.29 is 13.2 Å². The topological polar surface area (TPSA) is 54.2 Å². The number of aryl methyl sites for hydroxylation is 1. The molecule has 1 atom stereocenters. The van der Waals surface area contributed by atoms with Crippen LogP contribution in [-0.2, 0) is 19.8 Å². The summed E-state index contributed by atoms with van der Waals surface area (Å²) in [4.78, 5) is 5.22. The van der Waals surface area contributed by atoms with E-state index in [-0.39, 0.29) is 41.3 Å². The standard InChI is InChI=1S/C17H22F3N5S.HI/c1-12(26-14-7-5-4-6-8-14)9-22-16(21-2)23-10-13-11-25(3)24-15(13)17(18,19)20;/h4-8,11-12H,9-10H2,1-3H3,(H2,21,22,23);1H. The van der Waals surface area contributed by atoms with E-state index in [0.717, 1.165) is 9.58 Å². The van der Waals surface area contributed by atoms with E-state index in [2.05, 4.69) is 27.6 Å². The summed E-state index contributed by atoms with van der Waals surface area (Å²) in [6, 6.07) is 10.0. The quantitative estimate of drug-likeness (QED) is 0.266. The van der Waals surface area contributed by atoms with Gasteiger partial charge in [0.05, 0.1) is 0 Å². The minimum absolute atomic E-state index is 0. The van der Waals surface area contributed by atoms with E-state index in [9.17, 15) is 13.2 Å². The van der Waals surface area contributed by atoms with Crippen LogP contribution in [0.4, 0.5) is 13.2 Å². The second kappa shape index (κ2) is 10.8. The highest BCUT2D eigenvalue weighted by molar-refractivity contribution is 14.0. The Kier molecular flexibility index (Phi) is 9.43. The summed E-state index contributed by atoms with van der Waals surface area (Å²) in [6.07, 6.45) is -3.12. The third-order valence-corrected chi connectivity index (χ3v) is 4.59. The molecule has 0 radical (unpaired) electrons. The fourth-order valence-corrected chi connectivity index (χ4v) is 3.26. The molecule has 0 amide bonds. The van der Waals surface area contributed by atoms with Gasteiger partial charge in [-0.1, -0.05) is 25.1 Å². The first-order chi connectivity index (χ1) is 12.3. The second-order valence-electron chi connectivity index (χ2n) is 5.72. The molecule has 5 nitrogen and oxygen atoms in total. The lowest BCUT2D eigenvalue weighted by Crippen LogP contribution is -2.39. The number of hydrogen-bond acceptors (Lipinski definition) is 3. The first kappa shape index (κ1) is 23.6. The Morgan fingerprint density at radius 2 is 1.93 bits per heavy atom. The Morgan fingerprint density at radius 1 is 1.26 bits per heavy atom. The maximum Gasteiger partial charge on any atom is 0.435 e. The zero-order valence-corrected chi connectivity index (χ0v) is 18.4. The largest absolute Gasteiger partial charge is 0.435 e. The molecule has 0 aliphatic heterocycles. The van der Waals surface area contributed by atoms with Crippen LogP contribution >= 0.6 is 35.7 Å². The molecule has 10 heteroatoms. The van der Waals surface area contributed by atoms with Crippen LogP contribution < -0.4 is 10.6 Å². The predicted octanol–water partition coefficient (Wildman–Crippen LogP) is 3.90. The molecule has 2 aromatic rings. The lowest BCUT2D eigenvalue weighted by Gasteiger charge is -2.16. The molecule has 1 aromatic carbocycles. The van der Waals surface area contributed by atoms with Gasteiger partial charge in [0.25, 0.3) is 0 Å². The number of halogens is 4. The van der Waals surface area contributed by atoms with Gasteiger partial charge in [0.1, 0.15) is 0 Å². The number of nitrogens with zero attached hydrogens (tertiary/aromatic N) is 3. The highest BCUT2D eigenvalue weighted by Crippen LogP contribution is 2.30. The van der Waals surface area contributed by atoms with Crippen LogP contribution in [0.5, 0.6) is 0 Å². The van der Waals surface area contributed by atoms with E-state index in [1.165, 1.54) is 13.2 Å². The van der Waals surface area contributed by atoms with Crippen molar-refractivity contribution in [3.63, 3.8) is 0 Å². The highest BCUT2D eigenvalue weighted by Gasteiger charge is 2.36. The molecule has 1 unspecified atom stereocenters. The fraction of sp³-hybridized carbons (Fsp3) is 0.412. The summed E-state index contributed by atoms with van der Waals surface area (Å²) in [5.74, 6) is 0.447. The normalized spacial score (nSPS) is 13.0. The average Bonchev–Trinajstić information content (AvgIpc) is 2.97. The number of guanidine groups is 1. The minimum atomic E-state index is -4.48. The highest BCUT2D eigenvalue weighted by atomic mass is 127. The summed E-state index contributed by atoms with van der Waals surface area (Å²) in [6.45, 7) is 2.68. The van der Waals surface area contributed by atoms with Gasteiger partial charge in [0, 0.05) is 49.1 Å². The first-order valence-corrected chi connectivity index (χ1v) is 8.93. The summed E-state index contributed by atoms with van der Waals surface area (Å²) < 4.78 is 40.1. The SMILES string of the molecule is CN=C(NCc1cn(C)nc1C(F)(F)F)NCC(C)Sc1ccccc1.I. The van der Waals surface area contributed by atoms with Crippen molar-refractivity contribution >= 4 is 41.7 Å². The lowest BCUT2D eigenvalue weighted by atomic mass is 10.2. The van der Waals surface area contributed by atoms with Crippen molar-refractivity contribution in [2.75, 3.05) is 13.6 Å². The van der Waals surface area contributed by atoms with Crippen molar-refractivity contribution in [2.24, 2.45) is 12.0 Å². The van der Waals surface area contributed by atoms with Crippen molar-refractivity contribution in [1.29, 1.82) is 0 Å². The van der Waals surface area contributed by atoms with Gasteiger partial charge in [0.15, 0.2) is 11.7 Å². The average molecular weight is 513 g/mol. The molecule has 0 aliphatic rings. The van der Waals surface area contributed by atoms with E-state index in [0.29, 0.717) is 12.5 Å². The fourth-order valence-electron chi connectivity index (χ4n) is 2.32. The Bertz CT molecular complexity index is 734. The van der Waals surface area contributed by atoms with Gasteiger partial charge < -0.3 is 10.6 Å². The molecule has 150 valence electrons. The second-order valence-corrected chi connectivity index (χ2v) is 7.23. The maximum atomic E-state index is 13.0. The van der Waals surface area contributed by atoms with Crippen molar-refractivity contribution in [3.8, 4) is 0 Å². The van der Waals surface area contributed by atoms with E-state index >= 15 is 0 Å². The summed E-state index contributed by atoms with van der Waals surface area (Å²) >= 11 is 1.71. The van der Waals surface area contributed by atoms with Crippen molar-refractivity contribution in [3.05, 3.63) is 47.8 Å². The van der Waals surface area contributed by atoms with Crippen LogP contribution in [0.15, 0.2) is 46.4 Å². The smallest absolute Gasteiger partial charge is 0.355 e. The Labute approximate surface area is 178 Å². The van der Waals surface area contributed by atoms with Gasteiger partial charge in [-0.05, 0) is 12.1 Å². The lowest BCUT2D eigenvalue weighted by molar-refractivity contribution is -0.142. The van der Waals surface area contributed by atoms with Crippen LogP contribution in [-0.4, -0.2) is 34.6 Å². The van der Waals surface area contributed by atoms with Gasteiger partial charge in [-0.25, -0.2) is 0 Å². The maximum absolute atomic E-state index is 13.0. The van der Waals surface area contributed by atoms with Gasteiger partial charge in [0.2, 0.25) is 0 Å². The molecular formula is C17H23F3IN5S. The number of aliphatic imine (C=N–C) groups is 1. The number of rotatable bonds is 6. The molecule has 2 N–H and O–H groups in total. The number of thioether (sulfide) groups is 1. The summed E-state index contributed by atoms with van der Waals surface area (Å²) in [7, 11) is 3.05. The van der Waals surface area contributed by atoms with Crippen LogP contribution in [0, 0.1) is 0 Å². The number of benzene rings is 1. The van der Waals surface area contributed by atoms with Crippen molar-refractivity contribution in [1.82, 2.24) is 20.4 Å². The van der Waals surface area contributed by atoms with E-state index in [4.69, 9.17) is 0 Å². The number of aromatic nitrogens is 2. The van der Waals surface area contributed by atoms with E-state index in [1.807, 2.05) is 30.3 Å². The molecule has 0 spiro atoms. The molecule has 0 fully saturated rings. The Morgan fingerprint density at radius 3 is 2.52 bits per heavy atom. The third kappa shape index (κ3) is 7.60. The molecule has 1 heterocycles. The van der Waals surface area contributed by atoms with Crippen LogP contribution in [0.2, 0.25) is 0 Å². The van der Waals surface area contributed by atoms with Crippen LogP contribution in [0.25, 0.3) is 0 Å². The molecule has 27 heavy (non-hydrogen) atoms. The molecule has 0 saturated heterocycles. The van der Waals surface area contributed by atoms with Crippen LogP contribution in [0.1, 0.15) is 18.2 Å². The van der Waals surface area contributed by atoms with Gasteiger partial charge >= 0.3 is 6.18 Å². The van der Waals surface area contributed by atoms with Crippen molar-refractivity contribution in [2.45, 2.75) is 29.8 Å². The summed E-state index contributed by atoms with van der Waals surface area (Å²) in [5, 5.41) is 9.80. The summed E-state index contributed by atoms with van der Waals surface area (Å²) in [5.41, 5.74) is -0.800.